The van der Waals surface area contributed by atoms with Crippen LogP contribution in [0, 0.1) is 0 Å². The van der Waals surface area contributed by atoms with Crippen molar-refractivity contribution < 1.29 is 14.2 Å². The van der Waals surface area contributed by atoms with Gasteiger partial charge in [0.25, 0.3) is 5.91 Å². The van der Waals surface area contributed by atoms with Crippen molar-refractivity contribution in [2.24, 2.45) is 5.10 Å². The number of ether oxygens (including phenoxy) is 1. The van der Waals surface area contributed by atoms with Gasteiger partial charge >= 0.3 is 0 Å². The fourth-order valence-electron chi connectivity index (χ4n) is 2.98. The first-order chi connectivity index (χ1) is 15.9. The molecule has 168 valence electrons. The highest BCUT2D eigenvalue weighted by Crippen LogP contribution is 2.29. The van der Waals surface area contributed by atoms with E-state index in [1.165, 1.54) is 11.8 Å². The van der Waals surface area contributed by atoms with Gasteiger partial charge in [0.15, 0.2) is 5.69 Å². The van der Waals surface area contributed by atoms with Gasteiger partial charge in [-0.1, -0.05) is 46.6 Å². The van der Waals surface area contributed by atoms with Crippen LogP contribution in [0.4, 0.5) is 5.82 Å². The van der Waals surface area contributed by atoms with Gasteiger partial charge in [0, 0.05) is 16.1 Å². The van der Waals surface area contributed by atoms with Crippen LogP contribution in [0.1, 0.15) is 23.0 Å². The summed E-state index contributed by atoms with van der Waals surface area (Å²) >= 11 is 12.2. The number of hydrogen-bond donors (Lipinski definition) is 2. The molecule has 13 heteroatoms. The van der Waals surface area contributed by atoms with Crippen molar-refractivity contribution in [2.75, 3.05) is 12.8 Å². The molecule has 2 heterocycles. The number of anilines is 1. The first-order valence-corrected chi connectivity index (χ1v) is 10.1. The molecule has 1 amide bonds. The average molecular weight is 487 g/mol. The smallest absolute Gasteiger partial charge is 0.294 e. The van der Waals surface area contributed by atoms with Crippen molar-refractivity contribution in [3.05, 3.63) is 63.8 Å². The number of benzene rings is 2. The van der Waals surface area contributed by atoms with Crippen LogP contribution in [-0.2, 0) is 0 Å². The largest absolute Gasteiger partial charge is 0.497 e. The second-order valence-electron chi connectivity index (χ2n) is 6.67. The minimum absolute atomic E-state index is 0.0257. The third-order valence-electron chi connectivity index (χ3n) is 4.57. The van der Waals surface area contributed by atoms with Gasteiger partial charge in [-0.05, 0) is 41.5 Å². The molecule has 2 aromatic heterocycles. The Morgan fingerprint density at radius 2 is 2.03 bits per heavy atom. The van der Waals surface area contributed by atoms with Crippen molar-refractivity contribution in [3.63, 3.8) is 0 Å². The zero-order chi connectivity index (χ0) is 23.5. The summed E-state index contributed by atoms with van der Waals surface area (Å²) in [7, 11) is 1.53. The summed E-state index contributed by atoms with van der Waals surface area (Å²) < 4.78 is 11.2. The Morgan fingerprint density at radius 1 is 1.21 bits per heavy atom. The van der Waals surface area contributed by atoms with Crippen molar-refractivity contribution in [3.8, 4) is 22.8 Å². The second-order valence-corrected chi connectivity index (χ2v) is 7.51. The minimum atomic E-state index is -0.626. The van der Waals surface area contributed by atoms with E-state index in [1.54, 1.807) is 49.4 Å². The third kappa shape index (κ3) is 4.49. The summed E-state index contributed by atoms with van der Waals surface area (Å²) in [5.41, 5.74) is 10.2. The van der Waals surface area contributed by atoms with Gasteiger partial charge in [-0.3, -0.25) is 4.79 Å². The van der Waals surface area contributed by atoms with Gasteiger partial charge < -0.3 is 10.5 Å². The van der Waals surface area contributed by atoms with Gasteiger partial charge in [0.1, 0.15) is 11.4 Å². The van der Waals surface area contributed by atoms with E-state index in [9.17, 15) is 4.79 Å². The van der Waals surface area contributed by atoms with E-state index in [1.807, 2.05) is 0 Å². The highest BCUT2D eigenvalue weighted by atomic mass is 35.5. The Bertz CT molecular complexity index is 1370. The highest BCUT2D eigenvalue weighted by molar-refractivity contribution is 6.37. The molecule has 3 N–H and O–H groups in total. The number of carbonyl (C=O) groups is 1. The predicted octanol–water partition coefficient (Wildman–Crippen LogP) is 3.37. The van der Waals surface area contributed by atoms with Gasteiger partial charge in [0.05, 0.1) is 17.8 Å². The number of hydrazone groups is 1. The second kappa shape index (κ2) is 9.27. The summed E-state index contributed by atoms with van der Waals surface area (Å²) in [6, 6.07) is 11.9. The van der Waals surface area contributed by atoms with Crippen LogP contribution in [0.15, 0.2) is 52.2 Å². The van der Waals surface area contributed by atoms with Gasteiger partial charge in [-0.25, -0.2) is 10.1 Å². The molecule has 0 fully saturated rings. The quantitative estimate of drug-likeness (QED) is 0.311. The zero-order valence-corrected chi connectivity index (χ0v) is 18.8. The molecule has 0 aliphatic rings. The molecule has 0 saturated carbocycles. The number of carbonyl (C=O) groups excluding carboxylic acids is 1. The third-order valence-corrected chi connectivity index (χ3v) is 5.12. The molecule has 0 unspecified atom stereocenters. The van der Waals surface area contributed by atoms with Gasteiger partial charge in [0.2, 0.25) is 11.6 Å². The van der Waals surface area contributed by atoms with Crippen LogP contribution in [0.25, 0.3) is 17.1 Å². The lowest BCUT2D eigenvalue weighted by atomic mass is 10.1. The van der Waals surface area contributed by atoms with E-state index >= 15 is 0 Å². The molecular formula is C20H16Cl2N8O3. The molecule has 11 nitrogen and oxygen atoms in total. The number of amides is 1. The predicted molar refractivity (Wildman–Crippen MR) is 122 cm³/mol. The van der Waals surface area contributed by atoms with E-state index < -0.39 is 5.91 Å². The standard InChI is InChI=1S/C20H16Cl2N8O3/c1-10(14-7-6-12(21)9-15(14)22)24-26-20(31)16-17(11-4-3-5-13(8-11)32-2)30(29-25-16)19-18(23)27-33-28-19/h3-9H,1-2H3,(H2,23,27)(H,26,31)/b24-10-. The monoisotopic (exact) mass is 486 g/mol. The number of nitrogens with two attached hydrogens (primary N) is 1. The molecule has 33 heavy (non-hydrogen) atoms. The van der Waals surface area contributed by atoms with Crippen LogP contribution < -0.4 is 15.9 Å². The average Bonchev–Trinajstić information content (AvgIpc) is 3.43. The summed E-state index contributed by atoms with van der Waals surface area (Å²) in [6.07, 6.45) is 0. The van der Waals surface area contributed by atoms with Gasteiger partial charge in [-0.2, -0.15) is 9.78 Å². The van der Waals surface area contributed by atoms with Gasteiger partial charge in [-0.15, -0.1) is 5.10 Å². The highest BCUT2D eigenvalue weighted by Gasteiger charge is 2.25. The molecule has 0 bridgehead atoms. The van der Waals surface area contributed by atoms with E-state index in [0.29, 0.717) is 32.6 Å². The minimum Gasteiger partial charge on any atom is -0.497 e. The maximum atomic E-state index is 13.0. The maximum Gasteiger partial charge on any atom is 0.294 e. The fraction of sp³-hybridized carbons (Fsp3) is 0.100. The van der Waals surface area contributed by atoms with E-state index in [4.69, 9.17) is 33.7 Å². The molecule has 2 aromatic carbocycles. The van der Waals surface area contributed by atoms with Crippen LogP contribution in [-0.4, -0.2) is 44.0 Å². The Morgan fingerprint density at radius 3 is 2.73 bits per heavy atom. The first-order valence-electron chi connectivity index (χ1n) is 9.37. The van der Waals surface area contributed by atoms with Crippen molar-refractivity contribution in [2.45, 2.75) is 6.92 Å². The fourth-order valence-corrected chi connectivity index (χ4v) is 3.53. The van der Waals surface area contributed by atoms with E-state index in [0.717, 1.165) is 0 Å². The number of rotatable bonds is 6. The van der Waals surface area contributed by atoms with Crippen LogP contribution in [0.2, 0.25) is 10.0 Å². The lowest BCUT2D eigenvalue weighted by molar-refractivity contribution is 0.0950. The number of aromatic nitrogens is 5. The normalized spacial score (nSPS) is 11.5. The summed E-state index contributed by atoms with van der Waals surface area (Å²) in [5, 5.41) is 20.4. The number of nitrogen functional groups attached to an aromatic ring is 1. The molecular weight excluding hydrogens is 471 g/mol. The lowest BCUT2D eigenvalue weighted by Crippen LogP contribution is -2.21. The molecule has 4 rings (SSSR count). The number of methoxy groups -OCH3 is 1. The molecule has 0 spiro atoms. The SMILES string of the molecule is COc1cccc(-c2c(C(=O)N/N=C(/C)c3ccc(Cl)cc3Cl)nnn2-c2nonc2N)c1. The summed E-state index contributed by atoms with van der Waals surface area (Å²) in [4.78, 5) is 13.0. The van der Waals surface area contributed by atoms with Crippen LogP contribution in [0.3, 0.4) is 0 Å². The van der Waals surface area contributed by atoms with E-state index in [2.05, 4.69) is 35.8 Å². The lowest BCUT2D eigenvalue weighted by Gasteiger charge is -2.08. The Kier molecular flexibility index (Phi) is 6.24. The van der Waals surface area contributed by atoms with Crippen molar-refractivity contribution in [1.82, 2.24) is 30.7 Å². The summed E-state index contributed by atoms with van der Waals surface area (Å²) in [6.45, 7) is 1.69. The van der Waals surface area contributed by atoms with Crippen molar-refractivity contribution >= 4 is 40.6 Å². The number of nitrogens with zero attached hydrogens (tertiary/aromatic N) is 6. The number of nitrogens with one attached hydrogen (secondary N) is 1. The van der Waals surface area contributed by atoms with Crippen molar-refractivity contribution in [1.29, 1.82) is 0 Å². The molecule has 0 atom stereocenters. The van der Waals surface area contributed by atoms with Crippen LogP contribution >= 0.6 is 23.2 Å². The first kappa shape index (κ1) is 22.2. The molecule has 0 aliphatic carbocycles. The maximum absolute atomic E-state index is 13.0. The Labute approximate surface area is 197 Å². The Balaban J connectivity index is 1.73. The molecule has 0 radical (unpaired) electrons. The van der Waals surface area contributed by atoms with E-state index in [-0.39, 0.29) is 23.0 Å². The summed E-state index contributed by atoms with van der Waals surface area (Å²) in [5.74, 6) is -0.0168. The topological polar surface area (TPSA) is 146 Å². The number of hydrogen-bond acceptors (Lipinski definition) is 9. The number of halogens is 2. The van der Waals surface area contributed by atoms with Crippen LogP contribution in [0.5, 0.6) is 5.75 Å². The molecule has 0 saturated heterocycles. The Hall–Kier alpha value is -3.96. The molecule has 4 aromatic rings. The zero-order valence-electron chi connectivity index (χ0n) is 17.3. The molecule has 0 aliphatic heterocycles.